The fourth-order valence-electron chi connectivity index (χ4n) is 1.97. The Morgan fingerprint density at radius 1 is 1.25 bits per heavy atom. The molecule has 2 heterocycles. The number of nitrogen functional groups attached to an aromatic ring is 1. The zero-order valence-electron chi connectivity index (χ0n) is 10.6. The summed E-state index contributed by atoms with van der Waals surface area (Å²) < 4.78 is 11.5. The van der Waals surface area contributed by atoms with Crippen LogP contribution in [0.5, 0.6) is 5.75 Å². The van der Waals surface area contributed by atoms with Gasteiger partial charge in [-0.25, -0.2) is 0 Å². The molecule has 102 valence electrons. The number of anilines is 1. The van der Waals surface area contributed by atoms with Gasteiger partial charge in [-0.1, -0.05) is 17.3 Å². The van der Waals surface area contributed by atoms with E-state index in [2.05, 4.69) is 33.8 Å². The molecular weight excluding hydrogens is 387 g/mol. The van der Waals surface area contributed by atoms with E-state index in [1.54, 1.807) is 18.4 Å². The lowest BCUT2D eigenvalue weighted by Gasteiger charge is -2.03. The van der Waals surface area contributed by atoms with Gasteiger partial charge >= 0.3 is 0 Å². The van der Waals surface area contributed by atoms with Crippen LogP contribution in [-0.2, 0) is 0 Å². The van der Waals surface area contributed by atoms with Crippen molar-refractivity contribution in [3.63, 3.8) is 0 Å². The number of hydrogen-bond acceptors (Lipinski definition) is 5. The summed E-state index contributed by atoms with van der Waals surface area (Å²) in [6.45, 7) is 0. The van der Waals surface area contributed by atoms with Gasteiger partial charge < -0.3 is 15.0 Å². The highest BCUT2D eigenvalue weighted by Gasteiger charge is 2.18. The maximum Gasteiger partial charge on any atom is 0.230 e. The van der Waals surface area contributed by atoms with E-state index in [0.717, 1.165) is 28.1 Å². The average Bonchev–Trinajstić information content (AvgIpc) is 3.05. The quantitative estimate of drug-likeness (QED) is 0.670. The van der Waals surface area contributed by atoms with Crippen LogP contribution in [0.4, 0.5) is 5.88 Å². The first-order valence-corrected chi connectivity index (χ1v) is 7.79. The van der Waals surface area contributed by atoms with E-state index in [4.69, 9.17) is 15.0 Å². The minimum atomic E-state index is 0.325. The Labute approximate surface area is 133 Å². The van der Waals surface area contributed by atoms with Crippen LogP contribution in [0.3, 0.4) is 0 Å². The fourth-order valence-corrected chi connectivity index (χ4v) is 3.30. The molecule has 0 atom stereocenters. The third kappa shape index (κ3) is 2.40. The lowest BCUT2D eigenvalue weighted by molar-refractivity contribution is 0.415. The monoisotopic (exact) mass is 398 g/mol. The molecule has 0 aliphatic heterocycles. The van der Waals surface area contributed by atoms with Crippen molar-refractivity contribution >= 4 is 39.8 Å². The molecule has 0 fully saturated rings. The first kappa shape index (κ1) is 13.4. The summed E-state index contributed by atoms with van der Waals surface area (Å²) >= 11 is 3.94. The minimum absolute atomic E-state index is 0.325. The molecule has 4 nitrogen and oxygen atoms in total. The SMILES string of the molecule is COc1ccc(-c2c(-c3csc(I)c3)noc2N)cc1. The Morgan fingerprint density at radius 3 is 2.60 bits per heavy atom. The summed E-state index contributed by atoms with van der Waals surface area (Å²) in [4.78, 5) is 0. The molecule has 3 rings (SSSR count). The van der Waals surface area contributed by atoms with Gasteiger partial charge in [-0.15, -0.1) is 11.3 Å². The van der Waals surface area contributed by atoms with Gasteiger partial charge in [-0.2, -0.15) is 0 Å². The number of thiophene rings is 1. The highest BCUT2D eigenvalue weighted by molar-refractivity contribution is 14.1. The maximum absolute atomic E-state index is 5.93. The Balaban J connectivity index is 2.10. The van der Waals surface area contributed by atoms with Gasteiger partial charge in [-0.3, -0.25) is 0 Å². The number of benzene rings is 1. The van der Waals surface area contributed by atoms with E-state index < -0.39 is 0 Å². The van der Waals surface area contributed by atoms with Gasteiger partial charge in [0, 0.05) is 10.9 Å². The molecule has 0 saturated heterocycles. The van der Waals surface area contributed by atoms with Crippen molar-refractivity contribution in [1.82, 2.24) is 5.16 Å². The molecule has 0 aliphatic carbocycles. The summed E-state index contributed by atoms with van der Waals surface area (Å²) in [5, 5.41) is 6.14. The highest BCUT2D eigenvalue weighted by atomic mass is 127. The van der Waals surface area contributed by atoms with E-state index >= 15 is 0 Å². The van der Waals surface area contributed by atoms with E-state index in [-0.39, 0.29) is 0 Å². The van der Waals surface area contributed by atoms with Crippen LogP contribution >= 0.6 is 33.9 Å². The van der Waals surface area contributed by atoms with E-state index in [1.807, 2.05) is 29.6 Å². The molecule has 0 radical (unpaired) electrons. The van der Waals surface area contributed by atoms with Crippen LogP contribution in [0.25, 0.3) is 22.4 Å². The second-order valence-electron chi connectivity index (χ2n) is 4.14. The average molecular weight is 398 g/mol. The number of rotatable bonds is 3. The van der Waals surface area contributed by atoms with Crippen molar-refractivity contribution in [1.29, 1.82) is 0 Å². The molecule has 0 unspecified atom stereocenters. The Hall–Kier alpha value is -1.54. The fraction of sp³-hybridized carbons (Fsp3) is 0.0714. The lowest BCUT2D eigenvalue weighted by atomic mass is 10.0. The Morgan fingerprint density at radius 2 is 2.00 bits per heavy atom. The number of nitrogens with zero attached hydrogens (tertiary/aromatic N) is 1. The van der Waals surface area contributed by atoms with Crippen LogP contribution in [0.15, 0.2) is 40.2 Å². The summed E-state index contributed by atoms with van der Waals surface area (Å²) in [5.74, 6) is 1.13. The molecule has 2 aromatic heterocycles. The molecule has 0 bridgehead atoms. The highest BCUT2D eigenvalue weighted by Crippen LogP contribution is 2.38. The molecule has 2 N–H and O–H groups in total. The van der Waals surface area contributed by atoms with Crippen molar-refractivity contribution < 1.29 is 9.26 Å². The number of hydrogen-bond donors (Lipinski definition) is 1. The Kier molecular flexibility index (Phi) is 3.66. The third-order valence-electron chi connectivity index (χ3n) is 2.94. The van der Waals surface area contributed by atoms with Crippen LogP contribution in [0.2, 0.25) is 0 Å². The van der Waals surface area contributed by atoms with Gasteiger partial charge in [0.25, 0.3) is 0 Å². The van der Waals surface area contributed by atoms with Crippen LogP contribution < -0.4 is 10.5 Å². The maximum atomic E-state index is 5.93. The van der Waals surface area contributed by atoms with Gasteiger partial charge in [0.2, 0.25) is 5.88 Å². The number of ether oxygens (including phenoxy) is 1. The standard InChI is InChI=1S/C14H11IN2O2S/c1-18-10-4-2-8(3-5-10)12-13(17-19-14(12)16)9-6-11(15)20-7-9/h2-7H,16H2,1H3. The topological polar surface area (TPSA) is 61.3 Å². The van der Waals surface area contributed by atoms with Crippen LogP contribution in [0, 0.1) is 2.88 Å². The summed E-state index contributed by atoms with van der Waals surface area (Å²) in [6, 6.07) is 9.74. The molecule has 0 amide bonds. The molecule has 20 heavy (non-hydrogen) atoms. The number of aromatic nitrogens is 1. The molecule has 0 spiro atoms. The third-order valence-corrected chi connectivity index (χ3v) is 4.73. The van der Waals surface area contributed by atoms with Crippen molar-refractivity contribution in [2.45, 2.75) is 0 Å². The van der Waals surface area contributed by atoms with Crippen molar-refractivity contribution in [3.05, 3.63) is 38.6 Å². The van der Waals surface area contributed by atoms with Gasteiger partial charge in [-0.05, 0) is 46.4 Å². The molecule has 1 aromatic carbocycles. The number of nitrogens with two attached hydrogens (primary N) is 1. The van der Waals surface area contributed by atoms with Crippen molar-refractivity contribution in [2.24, 2.45) is 0 Å². The van der Waals surface area contributed by atoms with E-state index in [9.17, 15) is 0 Å². The minimum Gasteiger partial charge on any atom is -0.497 e. The number of halogens is 1. The smallest absolute Gasteiger partial charge is 0.230 e. The van der Waals surface area contributed by atoms with E-state index in [1.165, 1.54) is 2.88 Å². The summed E-state index contributed by atoms with van der Waals surface area (Å²) in [6.07, 6.45) is 0. The van der Waals surface area contributed by atoms with Gasteiger partial charge in [0.15, 0.2) is 0 Å². The molecular formula is C14H11IN2O2S. The predicted octanol–water partition coefficient (Wildman–Crippen LogP) is 4.27. The molecule has 0 aliphatic rings. The van der Waals surface area contributed by atoms with Gasteiger partial charge in [0.05, 0.1) is 15.6 Å². The largest absolute Gasteiger partial charge is 0.497 e. The van der Waals surface area contributed by atoms with Gasteiger partial charge in [0.1, 0.15) is 11.4 Å². The zero-order valence-corrected chi connectivity index (χ0v) is 13.6. The Bertz CT molecular complexity index is 734. The molecule has 3 aromatic rings. The second kappa shape index (κ2) is 5.45. The predicted molar refractivity (Wildman–Crippen MR) is 88.9 cm³/mol. The number of methoxy groups -OCH3 is 1. The summed E-state index contributed by atoms with van der Waals surface area (Å²) in [7, 11) is 1.64. The second-order valence-corrected chi connectivity index (χ2v) is 6.94. The van der Waals surface area contributed by atoms with Crippen LogP contribution in [0.1, 0.15) is 0 Å². The van der Waals surface area contributed by atoms with E-state index in [0.29, 0.717) is 5.88 Å². The normalized spacial score (nSPS) is 10.7. The molecule has 6 heteroatoms. The lowest BCUT2D eigenvalue weighted by Crippen LogP contribution is -1.88. The molecule has 0 saturated carbocycles. The zero-order chi connectivity index (χ0) is 14.1. The first-order chi connectivity index (χ1) is 9.69. The van der Waals surface area contributed by atoms with Crippen molar-refractivity contribution in [2.75, 3.05) is 12.8 Å². The summed E-state index contributed by atoms with van der Waals surface area (Å²) in [5.41, 5.74) is 9.50. The van der Waals surface area contributed by atoms with Crippen molar-refractivity contribution in [3.8, 4) is 28.1 Å². The first-order valence-electron chi connectivity index (χ1n) is 5.83. The van der Waals surface area contributed by atoms with Crippen LogP contribution in [-0.4, -0.2) is 12.3 Å².